The van der Waals surface area contributed by atoms with Crippen molar-refractivity contribution in [2.45, 2.75) is 26.5 Å². The molecule has 1 aromatic heterocycles. The number of aromatic amines is 1. The monoisotopic (exact) mass is 216 g/mol. The third-order valence-electron chi connectivity index (χ3n) is 1.88. The number of aromatic nitrogens is 2. The Balaban J connectivity index is 2.99. The lowest BCUT2D eigenvalue weighted by Crippen LogP contribution is -2.33. The molecule has 1 rings (SSSR count). The molecule has 0 aliphatic heterocycles. The van der Waals surface area contributed by atoms with E-state index in [1.807, 2.05) is 11.9 Å². The summed E-state index contributed by atoms with van der Waals surface area (Å²) in [4.78, 5) is 23.9. The molecule has 1 unspecified atom stereocenters. The largest absolute Gasteiger partial charge is 0.358 e. The van der Waals surface area contributed by atoms with Crippen LogP contribution >= 0.6 is 0 Å². The van der Waals surface area contributed by atoms with Crippen LogP contribution in [0.4, 0.5) is 4.39 Å². The maximum Gasteiger partial charge on any atom is 0.330 e. The highest BCUT2D eigenvalue weighted by atomic mass is 19.1. The van der Waals surface area contributed by atoms with E-state index in [9.17, 15) is 14.0 Å². The average molecular weight is 216 g/mol. The fraction of sp³-hybridized carbons (Fsp3) is 0.556. The lowest BCUT2D eigenvalue weighted by atomic mass is 10.5. The maximum absolute atomic E-state index is 12.9. The minimum atomic E-state index is -1.01. The standard InChI is InChI=1S/C9H13FN2O3/c1-3-4-15-6(2)12-5-7(10)8(13)11-9(12)14/h5-6H,3-4H2,1-2H3,(H,11,13,14). The Bertz CT molecular complexity index is 438. The van der Waals surface area contributed by atoms with Gasteiger partial charge in [0.05, 0.1) is 6.20 Å². The van der Waals surface area contributed by atoms with Gasteiger partial charge in [0, 0.05) is 6.61 Å². The number of halogens is 1. The summed E-state index contributed by atoms with van der Waals surface area (Å²) in [5, 5.41) is 0. The van der Waals surface area contributed by atoms with E-state index in [1.54, 1.807) is 6.92 Å². The quantitative estimate of drug-likeness (QED) is 0.802. The van der Waals surface area contributed by atoms with Crippen molar-refractivity contribution in [2.24, 2.45) is 0 Å². The van der Waals surface area contributed by atoms with Crippen LogP contribution in [0.3, 0.4) is 0 Å². The zero-order valence-electron chi connectivity index (χ0n) is 8.62. The molecular formula is C9H13FN2O3. The van der Waals surface area contributed by atoms with Crippen molar-refractivity contribution >= 4 is 0 Å². The van der Waals surface area contributed by atoms with Gasteiger partial charge in [0.15, 0.2) is 0 Å². The molecule has 0 aromatic carbocycles. The summed E-state index contributed by atoms with van der Waals surface area (Å²) in [5.41, 5.74) is -1.69. The second-order valence-corrected chi connectivity index (χ2v) is 3.11. The summed E-state index contributed by atoms with van der Waals surface area (Å²) in [5.74, 6) is -0.999. The molecule has 6 heteroatoms. The molecule has 0 aliphatic rings. The van der Waals surface area contributed by atoms with Gasteiger partial charge in [-0.15, -0.1) is 0 Å². The van der Waals surface area contributed by atoms with E-state index in [-0.39, 0.29) is 0 Å². The van der Waals surface area contributed by atoms with Crippen molar-refractivity contribution in [3.63, 3.8) is 0 Å². The number of ether oxygens (including phenoxy) is 1. The van der Waals surface area contributed by atoms with E-state index in [4.69, 9.17) is 4.74 Å². The first kappa shape index (κ1) is 11.6. The molecule has 0 saturated heterocycles. The van der Waals surface area contributed by atoms with Crippen molar-refractivity contribution in [3.05, 3.63) is 32.9 Å². The molecule has 0 radical (unpaired) electrons. The third-order valence-corrected chi connectivity index (χ3v) is 1.88. The van der Waals surface area contributed by atoms with Crippen molar-refractivity contribution in [3.8, 4) is 0 Å². The predicted octanol–water partition coefficient (Wildman–Crippen LogP) is 0.621. The number of rotatable bonds is 4. The molecule has 0 saturated carbocycles. The van der Waals surface area contributed by atoms with Crippen LogP contribution in [0.25, 0.3) is 0 Å². The van der Waals surface area contributed by atoms with E-state index in [0.29, 0.717) is 6.61 Å². The van der Waals surface area contributed by atoms with Crippen LogP contribution in [0.15, 0.2) is 15.8 Å². The normalized spacial score (nSPS) is 12.7. The van der Waals surface area contributed by atoms with Crippen LogP contribution in [0.1, 0.15) is 26.5 Å². The molecule has 1 N–H and O–H groups in total. The van der Waals surface area contributed by atoms with Gasteiger partial charge in [-0.05, 0) is 13.3 Å². The van der Waals surface area contributed by atoms with Gasteiger partial charge in [0.2, 0.25) is 5.82 Å². The van der Waals surface area contributed by atoms with Gasteiger partial charge in [-0.25, -0.2) is 4.79 Å². The SMILES string of the molecule is CCCOC(C)n1cc(F)c(=O)[nH]c1=O. The lowest BCUT2D eigenvalue weighted by Gasteiger charge is -2.14. The van der Waals surface area contributed by atoms with Crippen LogP contribution in [-0.2, 0) is 4.74 Å². The first-order valence-corrected chi connectivity index (χ1v) is 4.68. The Morgan fingerprint density at radius 3 is 2.87 bits per heavy atom. The number of hydrogen-bond acceptors (Lipinski definition) is 3. The van der Waals surface area contributed by atoms with E-state index >= 15 is 0 Å². The average Bonchev–Trinajstić information content (AvgIpc) is 2.20. The summed E-state index contributed by atoms with van der Waals surface area (Å²) < 4.78 is 19.1. The van der Waals surface area contributed by atoms with Gasteiger partial charge >= 0.3 is 5.69 Å². The Morgan fingerprint density at radius 2 is 2.27 bits per heavy atom. The number of hydrogen-bond donors (Lipinski definition) is 1. The first-order valence-electron chi connectivity index (χ1n) is 4.68. The summed E-state index contributed by atoms with van der Waals surface area (Å²) in [6.07, 6.45) is 1.05. The Labute approximate surface area is 85.5 Å². The van der Waals surface area contributed by atoms with E-state index in [1.165, 1.54) is 0 Å². The van der Waals surface area contributed by atoms with Crippen LogP contribution in [-0.4, -0.2) is 16.2 Å². The van der Waals surface area contributed by atoms with Crippen molar-refractivity contribution in [1.82, 2.24) is 9.55 Å². The number of nitrogens with zero attached hydrogens (tertiary/aromatic N) is 1. The predicted molar refractivity (Wildman–Crippen MR) is 52.2 cm³/mol. The summed E-state index contributed by atoms with van der Waals surface area (Å²) >= 11 is 0. The summed E-state index contributed by atoms with van der Waals surface area (Å²) in [6, 6.07) is 0. The van der Waals surface area contributed by atoms with E-state index in [2.05, 4.69) is 0 Å². The Hall–Kier alpha value is -1.43. The van der Waals surface area contributed by atoms with Crippen LogP contribution < -0.4 is 11.2 Å². The molecule has 5 nitrogen and oxygen atoms in total. The highest BCUT2D eigenvalue weighted by molar-refractivity contribution is 4.87. The van der Waals surface area contributed by atoms with Crippen molar-refractivity contribution in [1.29, 1.82) is 0 Å². The molecule has 0 aliphatic carbocycles. The molecule has 1 atom stereocenters. The molecule has 0 amide bonds. The zero-order chi connectivity index (χ0) is 11.4. The van der Waals surface area contributed by atoms with Gasteiger partial charge in [-0.2, -0.15) is 4.39 Å². The van der Waals surface area contributed by atoms with Gasteiger partial charge in [0.1, 0.15) is 6.23 Å². The number of H-pyrrole nitrogens is 1. The second-order valence-electron chi connectivity index (χ2n) is 3.11. The Morgan fingerprint density at radius 1 is 1.60 bits per heavy atom. The van der Waals surface area contributed by atoms with Gasteiger partial charge in [0.25, 0.3) is 5.56 Å². The minimum Gasteiger partial charge on any atom is -0.358 e. The molecule has 1 heterocycles. The van der Waals surface area contributed by atoms with Gasteiger partial charge in [-0.3, -0.25) is 14.3 Å². The fourth-order valence-corrected chi connectivity index (χ4v) is 1.10. The topological polar surface area (TPSA) is 64.1 Å². The van der Waals surface area contributed by atoms with Gasteiger partial charge in [-0.1, -0.05) is 6.92 Å². The van der Waals surface area contributed by atoms with Crippen molar-refractivity contribution < 1.29 is 9.13 Å². The first-order chi connectivity index (χ1) is 7.06. The lowest BCUT2D eigenvalue weighted by molar-refractivity contribution is 0.0126. The molecule has 15 heavy (non-hydrogen) atoms. The molecule has 84 valence electrons. The minimum absolute atomic E-state index is 0.467. The third kappa shape index (κ3) is 2.76. The highest BCUT2D eigenvalue weighted by Gasteiger charge is 2.09. The molecule has 0 bridgehead atoms. The fourth-order valence-electron chi connectivity index (χ4n) is 1.10. The molecule has 0 fully saturated rings. The Kier molecular flexibility index (Phi) is 3.79. The summed E-state index contributed by atoms with van der Waals surface area (Å²) in [7, 11) is 0. The van der Waals surface area contributed by atoms with Crippen LogP contribution in [0.2, 0.25) is 0 Å². The van der Waals surface area contributed by atoms with E-state index < -0.39 is 23.3 Å². The van der Waals surface area contributed by atoms with Crippen LogP contribution in [0.5, 0.6) is 0 Å². The number of nitrogens with one attached hydrogen (secondary N) is 1. The second kappa shape index (κ2) is 4.88. The zero-order valence-corrected chi connectivity index (χ0v) is 8.62. The van der Waals surface area contributed by atoms with E-state index in [0.717, 1.165) is 17.2 Å². The maximum atomic E-state index is 12.9. The van der Waals surface area contributed by atoms with Gasteiger partial charge < -0.3 is 4.74 Å². The highest BCUT2D eigenvalue weighted by Crippen LogP contribution is 2.03. The smallest absolute Gasteiger partial charge is 0.330 e. The molecule has 0 spiro atoms. The summed E-state index contributed by atoms with van der Waals surface area (Å²) in [6.45, 7) is 3.99. The molecular weight excluding hydrogens is 203 g/mol. The van der Waals surface area contributed by atoms with Crippen molar-refractivity contribution in [2.75, 3.05) is 6.61 Å². The molecule has 1 aromatic rings. The van der Waals surface area contributed by atoms with Crippen LogP contribution in [0, 0.1) is 5.82 Å².